The number of rotatable bonds is 12. The van der Waals surface area contributed by atoms with Crippen molar-refractivity contribution >= 4 is 12.1 Å². The second-order valence-electron chi connectivity index (χ2n) is 4.59. The third-order valence-corrected chi connectivity index (χ3v) is 2.77. The van der Waals surface area contributed by atoms with Gasteiger partial charge in [-0.2, -0.15) is 0 Å². The van der Waals surface area contributed by atoms with Crippen molar-refractivity contribution in [2.24, 2.45) is 5.73 Å². The molecule has 0 aliphatic heterocycles. The van der Waals surface area contributed by atoms with Gasteiger partial charge >= 0.3 is 6.16 Å². The number of primary amides is 1. The second kappa shape index (κ2) is 13.9. The number of amides is 1. The lowest BCUT2D eigenvalue weighted by molar-refractivity contribution is -0.118. The van der Waals surface area contributed by atoms with E-state index in [-0.39, 0.29) is 12.5 Å². The largest absolute Gasteiger partial charge is 0.508 e. The van der Waals surface area contributed by atoms with Crippen LogP contribution in [0.4, 0.5) is 4.79 Å². The molecule has 0 radical (unpaired) electrons. The summed E-state index contributed by atoms with van der Waals surface area (Å²) >= 11 is 0. The molecular formula is C15H27NO4. The van der Waals surface area contributed by atoms with Crippen LogP contribution >= 0.6 is 0 Å². The summed E-state index contributed by atoms with van der Waals surface area (Å²) in [5, 5.41) is 0. The summed E-state index contributed by atoms with van der Waals surface area (Å²) in [6.45, 7) is 2.35. The van der Waals surface area contributed by atoms with Crippen LogP contribution < -0.4 is 5.73 Å². The summed E-state index contributed by atoms with van der Waals surface area (Å²) in [4.78, 5) is 21.4. The van der Waals surface area contributed by atoms with E-state index in [4.69, 9.17) is 10.5 Å². The SMILES string of the molecule is CCOC(=O)OC/C=C/CCCCCCCCC(N)=O. The molecule has 0 atom stereocenters. The quantitative estimate of drug-likeness (QED) is 0.339. The van der Waals surface area contributed by atoms with Crippen LogP contribution in [0.3, 0.4) is 0 Å². The van der Waals surface area contributed by atoms with Gasteiger partial charge in [0, 0.05) is 6.42 Å². The first kappa shape index (κ1) is 18.5. The molecule has 0 unspecified atom stereocenters. The van der Waals surface area contributed by atoms with Crippen LogP contribution in [0.1, 0.15) is 58.3 Å². The number of allylic oxidation sites excluding steroid dienone is 1. The van der Waals surface area contributed by atoms with E-state index in [1.54, 1.807) is 6.92 Å². The molecule has 0 saturated carbocycles. The van der Waals surface area contributed by atoms with Gasteiger partial charge < -0.3 is 15.2 Å². The van der Waals surface area contributed by atoms with Crippen LogP contribution in [0.15, 0.2) is 12.2 Å². The highest BCUT2D eigenvalue weighted by Gasteiger charge is 1.98. The van der Waals surface area contributed by atoms with E-state index in [0.29, 0.717) is 13.0 Å². The first-order chi connectivity index (χ1) is 9.66. The molecule has 0 aliphatic carbocycles. The highest BCUT2D eigenvalue weighted by Crippen LogP contribution is 2.08. The predicted octanol–water partition coefficient (Wildman–Crippen LogP) is 3.32. The zero-order valence-electron chi connectivity index (χ0n) is 12.4. The Kier molecular flexibility index (Phi) is 12.8. The molecule has 0 bridgehead atoms. The number of carbonyl (C=O) groups is 2. The van der Waals surface area contributed by atoms with Crippen molar-refractivity contribution < 1.29 is 19.1 Å². The molecular weight excluding hydrogens is 258 g/mol. The fourth-order valence-electron chi connectivity index (χ4n) is 1.73. The Morgan fingerprint density at radius 3 is 2.25 bits per heavy atom. The van der Waals surface area contributed by atoms with Crippen molar-refractivity contribution in [1.82, 2.24) is 0 Å². The smallest absolute Gasteiger partial charge is 0.435 e. The lowest BCUT2D eigenvalue weighted by Crippen LogP contribution is -2.09. The first-order valence-corrected chi connectivity index (χ1v) is 7.39. The minimum Gasteiger partial charge on any atom is -0.435 e. The first-order valence-electron chi connectivity index (χ1n) is 7.39. The Hall–Kier alpha value is -1.52. The molecule has 0 aromatic heterocycles. The highest BCUT2D eigenvalue weighted by molar-refractivity contribution is 5.73. The van der Waals surface area contributed by atoms with Crippen molar-refractivity contribution in [2.45, 2.75) is 58.3 Å². The van der Waals surface area contributed by atoms with Crippen LogP contribution in [-0.4, -0.2) is 25.3 Å². The van der Waals surface area contributed by atoms with Gasteiger partial charge in [0.15, 0.2) is 0 Å². The summed E-state index contributed by atoms with van der Waals surface area (Å²) < 4.78 is 9.41. The summed E-state index contributed by atoms with van der Waals surface area (Å²) in [5.74, 6) is -0.208. The molecule has 0 aromatic rings. The predicted molar refractivity (Wildman–Crippen MR) is 78.2 cm³/mol. The lowest BCUT2D eigenvalue weighted by atomic mass is 10.1. The van der Waals surface area contributed by atoms with E-state index in [1.165, 1.54) is 12.8 Å². The molecule has 0 rings (SSSR count). The zero-order valence-corrected chi connectivity index (χ0v) is 12.4. The van der Waals surface area contributed by atoms with Crippen molar-refractivity contribution in [2.75, 3.05) is 13.2 Å². The van der Waals surface area contributed by atoms with Gasteiger partial charge in [-0.05, 0) is 26.2 Å². The number of ether oxygens (including phenoxy) is 2. The molecule has 0 aromatic carbocycles. The Morgan fingerprint density at radius 1 is 0.950 bits per heavy atom. The minimum atomic E-state index is -0.617. The molecule has 0 spiro atoms. The van der Waals surface area contributed by atoms with Crippen molar-refractivity contribution in [1.29, 1.82) is 0 Å². The van der Waals surface area contributed by atoms with Gasteiger partial charge in [0.2, 0.25) is 5.91 Å². The molecule has 5 nitrogen and oxygen atoms in total. The standard InChI is InChI=1S/C15H27NO4/c1-2-19-15(18)20-13-11-9-7-5-3-4-6-8-10-12-14(16)17/h9,11H,2-8,10,12-13H2,1H3,(H2,16,17)/b11-9+. The molecule has 0 fully saturated rings. The van der Waals surface area contributed by atoms with Gasteiger partial charge in [-0.25, -0.2) is 4.79 Å². The Labute approximate surface area is 121 Å². The normalized spacial score (nSPS) is 10.7. The van der Waals surface area contributed by atoms with Gasteiger partial charge in [-0.15, -0.1) is 0 Å². The molecule has 0 aliphatic rings. The minimum absolute atomic E-state index is 0.208. The second-order valence-corrected chi connectivity index (χ2v) is 4.59. The third kappa shape index (κ3) is 14.5. The lowest BCUT2D eigenvalue weighted by Gasteiger charge is -2.01. The molecule has 5 heteroatoms. The van der Waals surface area contributed by atoms with E-state index in [9.17, 15) is 9.59 Å². The summed E-state index contributed by atoms with van der Waals surface area (Å²) in [5.41, 5.74) is 5.06. The van der Waals surface area contributed by atoms with Gasteiger partial charge in [-0.1, -0.05) is 37.8 Å². The molecule has 0 saturated heterocycles. The Morgan fingerprint density at radius 2 is 1.60 bits per heavy atom. The van der Waals surface area contributed by atoms with Gasteiger partial charge in [0.05, 0.1) is 6.61 Å². The average Bonchev–Trinajstić information content (AvgIpc) is 2.40. The molecule has 1 amide bonds. The maximum atomic E-state index is 10.8. The average molecular weight is 285 g/mol. The fourth-order valence-corrected chi connectivity index (χ4v) is 1.73. The van der Waals surface area contributed by atoms with E-state index in [2.05, 4.69) is 4.74 Å². The van der Waals surface area contributed by atoms with Crippen LogP contribution in [0.25, 0.3) is 0 Å². The third-order valence-electron chi connectivity index (χ3n) is 2.77. The topological polar surface area (TPSA) is 78.6 Å². The number of unbranched alkanes of at least 4 members (excludes halogenated alkanes) is 6. The number of hydrogen-bond donors (Lipinski definition) is 1. The van der Waals surface area contributed by atoms with Crippen LogP contribution in [0, 0.1) is 0 Å². The van der Waals surface area contributed by atoms with Gasteiger partial charge in [0.1, 0.15) is 6.61 Å². The molecule has 2 N–H and O–H groups in total. The zero-order chi connectivity index (χ0) is 15.1. The number of hydrogen-bond acceptors (Lipinski definition) is 4. The Balaban J connectivity index is 3.19. The van der Waals surface area contributed by atoms with Crippen LogP contribution in [-0.2, 0) is 14.3 Å². The van der Waals surface area contributed by atoms with E-state index < -0.39 is 6.16 Å². The monoisotopic (exact) mass is 285 g/mol. The maximum Gasteiger partial charge on any atom is 0.508 e. The Bertz CT molecular complexity index is 290. The molecule has 116 valence electrons. The van der Waals surface area contributed by atoms with Crippen LogP contribution in [0.2, 0.25) is 0 Å². The van der Waals surface area contributed by atoms with E-state index >= 15 is 0 Å². The summed E-state index contributed by atoms with van der Waals surface area (Å²) in [6, 6.07) is 0. The van der Waals surface area contributed by atoms with Gasteiger partial charge in [0.25, 0.3) is 0 Å². The molecule has 20 heavy (non-hydrogen) atoms. The maximum absolute atomic E-state index is 10.8. The number of carbonyl (C=O) groups excluding carboxylic acids is 2. The van der Waals surface area contributed by atoms with Crippen LogP contribution in [0.5, 0.6) is 0 Å². The summed E-state index contributed by atoms with van der Waals surface area (Å²) in [6.07, 6.45) is 11.4. The molecule has 0 heterocycles. The van der Waals surface area contributed by atoms with E-state index in [1.807, 2.05) is 12.2 Å². The highest BCUT2D eigenvalue weighted by atomic mass is 16.7. The van der Waals surface area contributed by atoms with Crippen molar-refractivity contribution in [3.8, 4) is 0 Å². The van der Waals surface area contributed by atoms with Gasteiger partial charge in [-0.3, -0.25) is 4.79 Å². The van der Waals surface area contributed by atoms with E-state index in [0.717, 1.165) is 32.1 Å². The van der Waals surface area contributed by atoms with Crippen molar-refractivity contribution in [3.05, 3.63) is 12.2 Å². The summed E-state index contributed by atoms with van der Waals surface area (Å²) in [7, 11) is 0. The van der Waals surface area contributed by atoms with Crippen molar-refractivity contribution in [3.63, 3.8) is 0 Å². The fraction of sp³-hybridized carbons (Fsp3) is 0.733. The number of nitrogens with two attached hydrogens (primary N) is 1.